The summed E-state index contributed by atoms with van der Waals surface area (Å²) in [6, 6.07) is -0.717. The molecule has 8 heteroatoms. The summed E-state index contributed by atoms with van der Waals surface area (Å²) in [6.07, 6.45) is -5.10. The van der Waals surface area contributed by atoms with Crippen molar-refractivity contribution in [2.75, 3.05) is 0 Å². The predicted octanol–water partition coefficient (Wildman–Crippen LogP) is 0.528. The highest BCUT2D eigenvalue weighted by molar-refractivity contribution is 4.80. The lowest BCUT2D eigenvalue weighted by Gasteiger charge is -2.14. The minimum absolute atomic E-state index is 0.0932. The molecule has 0 aliphatic rings. The van der Waals surface area contributed by atoms with Crippen molar-refractivity contribution in [3.05, 3.63) is 16.3 Å². The van der Waals surface area contributed by atoms with Gasteiger partial charge in [0.15, 0.2) is 0 Å². The van der Waals surface area contributed by atoms with Crippen LogP contribution in [0.4, 0.5) is 13.2 Å². The number of aromatic nitrogens is 3. The summed E-state index contributed by atoms with van der Waals surface area (Å²) in [5.74, 6) is 0.286. The average Bonchev–Trinajstić information content (AvgIpc) is 2.45. The first-order valence-electron chi connectivity index (χ1n) is 4.30. The molecule has 1 rings (SSSR count). The molecular formula is C7H11F3N4O. The van der Waals surface area contributed by atoms with Gasteiger partial charge in [0.25, 0.3) is 0 Å². The molecule has 0 unspecified atom stereocenters. The Bertz CT molecular complexity index is 356. The van der Waals surface area contributed by atoms with Crippen LogP contribution in [-0.2, 0) is 6.54 Å². The summed E-state index contributed by atoms with van der Waals surface area (Å²) in [5, 5.41) is 8.26. The van der Waals surface area contributed by atoms with E-state index in [0.717, 1.165) is 0 Å². The molecule has 0 aliphatic carbocycles. The molecular weight excluding hydrogens is 213 g/mol. The van der Waals surface area contributed by atoms with Gasteiger partial charge in [-0.25, -0.2) is 9.89 Å². The Labute approximate surface area is 83.1 Å². The number of nitrogens with one attached hydrogen (secondary N) is 3. The lowest BCUT2D eigenvalue weighted by molar-refractivity contribution is -0.139. The fourth-order valence-corrected chi connectivity index (χ4v) is 1.08. The fourth-order valence-electron chi connectivity index (χ4n) is 1.08. The number of hydrogen-bond acceptors (Lipinski definition) is 3. The summed E-state index contributed by atoms with van der Waals surface area (Å²) in [7, 11) is 0. The maximum atomic E-state index is 11.9. The number of alkyl halides is 3. The van der Waals surface area contributed by atoms with Gasteiger partial charge in [-0.15, -0.1) is 0 Å². The summed E-state index contributed by atoms with van der Waals surface area (Å²) in [6.45, 7) is 1.51. The smallest absolute Gasteiger partial charge is 0.307 e. The van der Waals surface area contributed by atoms with E-state index in [-0.39, 0.29) is 12.4 Å². The summed E-state index contributed by atoms with van der Waals surface area (Å²) >= 11 is 0. The SMILES string of the molecule is C[C@H](CC(F)(F)F)NCc1n[nH]c(=O)[nH]1. The number of aromatic amines is 2. The monoisotopic (exact) mass is 224 g/mol. The van der Waals surface area contributed by atoms with Gasteiger partial charge in [-0.05, 0) is 6.92 Å². The predicted molar refractivity (Wildman–Crippen MR) is 46.2 cm³/mol. The molecule has 0 bridgehead atoms. The highest BCUT2D eigenvalue weighted by atomic mass is 19.4. The van der Waals surface area contributed by atoms with Gasteiger partial charge >= 0.3 is 11.9 Å². The Morgan fingerprint density at radius 3 is 2.67 bits per heavy atom. The number of rotatable bonds is 4. The molecule has 3 N–H and O–H groups in total. The van der Waals surface area contributed by atoms with Gasteiger partial charge in [-0.3, -0.25) is 4.98 Å². The average molecular weight is 224 g/mol. The van der Waals surface area contributed by atoms with Crippen LogP contribution >= 0.6 is 0 Å². The lowest BCUT2D eigenvalue weighted by Crippen LogP contribution is -2.31. The minimum atomic E-state index is -4.19. The topological polar surface area (TPSA) is 73.6 Å². The molecule has 1 aromatic rings. The zero-order chi connectivity index (χ0) is 11.5. The Hall–Kier alpha value is -1.31. The maximum Gasteiger partial charge on any atom is 0.390 e. The van der Waals surface area contributed by atoms with Crippen molar-refractivity contribution in [3.8, 4) is 0 Å². The van der Waals surface area contributed by atoms with E-state index in [1.54, 1.807) is 0 Å². The molecule has 5 nitrogen and oxygen atoms in total. The first-order chi connectivity index (χ1) is 6.87. The van der Waals surface area contributed by atoms with Crippen molar-refractivity contribution < 1.29 is 13.2 Å². The third-order valence-corrected chi connectivity index (χ3v) is 1.71. The molecule has 1 atom stereocenters. The van der Waals surface area contributed by atoms with Crippen molar-refractivity contribution in [1.29, 1.82) is 0 Å². The second kappa shape index (κ2) is 4.47. The van der Waals surface area contributed by atoms with Crippen LogP contribution in [0.1, 0.15) is 19.2 Å². The van der Waals surface area contributed by atoms with Gasteiger partial charge < -0.3 is 5.32 Å². The molecule has 1 aromatic heterocycles. The van der Waals surface area contributed by atoms with E-state index in [4.69, 9.17) is 0 Å². The van der Waals surface area contributed by atoms with E-state index in [2.05, 4.69) is 20.5 Å². The molecule has 0 aromatic carbocycles. The molecule has 0 radical (unpaired) electrons. The first-order valence-corrected chi connectivity index (χ1v) is 4.30. The molecule has 0 saturated heterocycles. The standard InChI is InChI=1S/C7H11F3N4O/c1-4(2-7(8,9)10)11-3-5-12-6(15)14-13-5/h4,11H,2-3H2,1H3,(H2,12,13,14,15)/t4-/m1/s1. The second-order valence-corrected chi connectivity index (χ2v) is 3.23. The Kier molecular flexibility index (Phi) is 3.51. The van der Waals surface area contributed by atoms with E-state index < -0.39 is 24.3 Å². The van der Waals surface area contributed by atoms with Crippen molar-refractivity contribution >= 4 is 0 Å². The summed E-state index contributed by atoms with van der Waals surface area (Å²) < 4.78 is 35.7. The van der Waals surface area contributed by atoms with Crippen LogP contribution in [0.15, 0.2) is 4.79 Å². The number of hydrogen-bond donors (Lipinski definition) is 3. The van der Waals surface area contributed by atoms with Crippen LogP contribution in [0.25, 0.3) is 0 Å². The van der Waals surface area contributed by atoms with Crippen LogP contribution in [0.5, 0.6) is 0 Å². The second-order valence-electron chi connectivity index (χ2n) is 3.23. The molecule has 1 heterocycles. The van der Waals surface area contributed by atoms with Crippen LogP contribution in [0, 0.1) is 0 Å². The Morgan fingerprint density at radius 2 is 2.20 bits per heavy atom. The van der Waals surface area contributed by atoms with E-state index in [9.17, 15) is 18.0 Å². The molecule has 86 valence electrons. The van der Waals surface area contributed by atoms with E-state index in [1.165, 1.54) is 6.92 Å². The van der Waals surface area contributed by atoms with Gasteiger partial charge in [0.1, 0.15) is 5.82 Å². The highest BCUT2D eigenvalue weighted by Gasteiger charge is 2.29. The number of halogens is 3. The molecule has 0 fully saturated rings. The lowest BCUT2D eigenvalue weighted by atomic mass is 10.2. The number of nitrogens with zero attached hydrogens (tertiary/aromatic N) is 1. The normalized spacial score (nSPS) is 14.1. The summed E-state index contributed by atoms with van der Waals surface area (Å²) in [4.78, 5) is 12.9. The molecule has 0 amide bonds. The third kappa shape index (κ3) is 4.63. The van der Waals surface area contributed by atoms with Gasteiger partial charge in [0.2, 0.25) is 0 Å². The largest absolute Gasteiger partial charge is 0.390 e. The Morgan fingerprint density at radius 1 is 1.53 bits per heavy atom. The third-order valence-electron chi connectivity index (χ3n) is 1.71. The summed E-state index contributed by atoms with van der Waals surface area (Å²) in [5.41, 5.74) is -0.477. The first kappa shape index (κ1) is 11.8. The van der Waals surface area contributed by atoms with Crippen LogP contribution in [0.3, 0.4) is 0 Å². The molecule has 0 aliphatic heterocycles. The molecule has 0 saturated carbocycles. The van der Waals surface area contributed by atoms with Crippen molar-refractivity contribution in [1.82, 2.24) is 20.5 Å². The number of H-pyrrole nitrogens is 2. The Balaban J connectivity index is 2.34. The van der Waals surface area contributed by atoms with Gasteiger partial charge in [-0.1, -0.05) is 0 Å². The minimum Gasteiger partial charge on any atom is -0.307 e. The zero-order valence-corrected chi connectivity index (χ0v) is 7.98. The fraction of sp³-hybridized carbons (Fsp3) is 0.714. The quantitative estimate of drug-likeness (QED) is 0.698. The van der Waals surface area contributed by atoms with Crippen molar-refractivity contribution in [2.45, 2.75) is 32.1 Å². The van der Waals surface area contributed by atoms with E-state index in [0.29, 0.717) is 0 Å². The highest BCUT2D eigenvalue weighted by Crippen LogP contribution is 2.21. The van der Waals surface area contributed by atoms with E-state index in [1.807, 2.05) is 0 Å². The van der Waals surface area contributed by atoms with Crippen molar-refractivity contribution in [2.24, 2.45) is 0 Å². The molecule has 15 heavy (non-hydrogen) atoms. The van der Waals surface area contributed by atoms with Gasteiger partial charge in [0, 0.05) is 6.04 Å². The zero-order valence-electron chi connectivity index (χ0n) is 7.98. The maximum absolute atomic E-state index is 11.9. The van der Waals surface area contributed by atoms with E-state index >= 15 is 0 Å². The van der Waals surface area contributed by atoms with Gasteiger partial charge in [-0.2, -0.15) is 18.3 Å². The van der Waals surface area contributed by atoms with Crippen LogP contribution < -0.4 is 11.0 Å². The van der Waals surface area contributed by atoms with Crippen LogP contribution in [0.2, 0.25) is 0 Å². The van der Waals surface area contributed by atoms with Crippen molar-refractivity contribution in [3.63, 3.8) is 0 Å². The van der Waals surface area contributed by atoms with Gasteiger partial charge in [0.05, 0.1) is 13.0 Å². The van der Waals surface area contributed by atoms with Crippen LogP contribution in [-0.4, -0.2) is 27.4 Å². The molecule has 0 spiro atoms.